The average molecular weight is 275 g/mol. The first kappa shape index (κ1) is 14.8. The molecule has 1 N–H and O–H groups in total. The number of carbonyl (C=O) groups excluding carboxylic acids is 1. The highest BCUT2D eigenvalue weighted by Gasteiger charge is 2.27. The van der Waals surface area contributed by atoms with Crippen molar-refractivity contribution in [3.63, 3.8) is 0 Å². The largest absolute Gasteiger partial charge is 0.369 e. The summed E-state index contributed by atoms with van der Waals surface area (Å²) in [5, 5.41) is 3.25. The molecule has 1 heterocycles. The molecule has 0 aliphatic heterocycles. The third kappa shape index (κ3) is 3.95. The molecular formula is C16H25N3O. The van der Waals surface area contributed by atoms with E-state index in [1.165, 1.54) is 12.8 Å². The first-order valence-corrected chi connectivity index (χ1v) is 7.74. The Morgan fingerprint density at radius 2 is 2.20 bits per heavy atom. The van der Waals surface area contributed by atoms with Gasteiger partial charge in [0, 0.05) is 25.8 Å². The van der Waals surface area contributed by atoms with Crippen LogP contribution in [0.1, 0.15) is 49.9 Å². The van der Waals surface area contributed by atoms with E-state index in [0.29, 0.717) is 11.5 Å². The molecule has 110 valence electrons. The second kappa shape index (κ2) is 7.27. The van der Waals surface area contributed by atoms with Gasteiger partial charge in [0.05, 0.1) is 5.56 Å². The molecule has 0 saturated heterocycles. The van der Waals surface area contributed by atoms with Crippen molar-refractivity contribution < 1.29 is 4.79 Å². The fraction of sp³-hybridized carbons (Fsp3) is 0.625. The molecule has 1 aromatic rings. The molecule has 0 atom stereocenters. The van der Waals surface area contributed by atoms with Crippen LogP contribution in [0.3, 0.4) is 0 Å². The number of nitrogens with one attached hydrogen (secondary N) is 1. The van der Waals surface area contributed by atoms with Crippen molar-refractivity contribution in [2.45, 2.75) is 39.5 Å². The maximum absolute atomic E-state index is 12.7. The lowest BCUT2D eigenvalue weighted by Crippen LogP contribution is -2.34. The number of amides is 1. The molecule has 0 unspecified atom stereocenters. The number of pyridine rings is 1. The number of rotatable bonds is 8. The molecule has 1 aromatic heterocycles. The molecule has 4 heteroatoms. The molecule has 0 bridgehead atoms. The van der Waals surface area contributed by atoms with Crippen molar-refractivity contribution in [2.24, 2.45) is 5.92 Å². The number of nitrogens with zero attached hydrogens (tertiary/aromatic N) is 2. The molecule has 2 rings (SSSR count). The van der Waals surface area contributed by atoms with Crippen LogP contribution in [0, 0.1) is 5.92 Å². The quantitative estimate of drug-likeness (QED) is 0.792. The van der Waals surface area contributed by atoms with Gasteiger partial charge in [-0.15, -0.1) is 0 Å². The molecule has 1 amide bonds. The zero-order chi connectivity index (χ0) is 14.4. The summed E-state index contributed by atoms with van der Waals surface area (Å²) in [4.78, 5) is 19.0. The lowest BCUT2D eigenvalue weighted by Gasteiger charge is -2.23. The van der Waals surface area contributed by atoms with Crippen LogP contribution in [-0.4, -0.2) is 35.4 Å². The van der Waals surface area contributed by atoms with E-state index in [1.807, 2.05) is 17.0 Å². The third-order valence-electron chi connectivity index (χ3n) is 3.54. The van der Waals surface area contributed by atoms with E-state index in [0.717, 1.165) is 38.3 Å². The van der Waals surface area contributed by atoms with Gasteiger partial charge in [0.2, 0.25) is 0 Å². The Morgan fingerprint density at radius 1 is 1.40 bits per heavy atom. The fourth-order valence-corrected chi connectivity index (χ4v) is 2.29. The molecule has 0 radical (unpaired) electrons. The van der Waals surface area contributed by atoms with Gasteiger partial charge in [-0.25, -0.2) is 4.98 Å². The molecular weight excluding hydrogens is 250 g/mol. The Hall–Kier alpha value is -1.58. The normalized spacial score (nSPS) is 14.1. The molecule has 1 saturated carbocycles. The van der Waals surface area contributed by atoms with Gasteiger partial charge < -0.3 is 10.2 Å². The van der Waals surface area contributed by atoms with Gasteiger partial charge in [-0.1, -0.05) is 13.8 Å². The van der Waals surface area contributed by atoms with Crippen LogP contribution in [0.4, 0.5) is 5.82 Å². The molecule has 1 aliphatic rings. The van der Waals surface area contributed by atoms with Gasteiger partial charge in [0.15, 0.2) is 0 Å². The highest BCUT2D eigenvalue weighted by molar-refractivity contribution is 5.98. The first-order chi connectivity index (χ1) is 9.76. The minimum absolute atomic E-state index is 0.116. The predicted octanol–water partition coefficient (Wildman–Crippen LogP) is 3.17. The lowest BCUT2D eigenvalue weighted by atomic mass is 10.2. The van der Waals surface area contributed by atoms with Gasteiger partial charge in [-0.2, -0.15) is 0 Å². The van der Waals surface area contributed by atoms with Crippen LogP contribution in [0.5, 0.6) is 0 Å². The van der Waals surface area contributed by atoms with Crippen molar-refractivity contribution in [1.82, 2.24) is 9.88 Å². The highest BCUT2D eigenvalue weighted by atomic mass is 16.2. The molecule has 0 aromatic carbocycles. The lowest BCUT2D eigenvalue weighted by molar-refractivity contribution is 0.0748. The van der Waals surface area contributed by atoms with Crippen molar-refractivity contribution in [3.05, 3.63) is 23.9 Å². The molecule has 4 nitrogen and oxygen atoms in total. The average Bonchev–Trinajstić information content (AvgIpc) is 3.28. The van der Waals surface area contributed by atoms with Crippen LogP contribution in [0.2, 0.25) is 0 Å². The maximum atomic E-state index is 12.7. The maximum Gasteiger partial charge on any atom is 0.257 e. The summed E-state index contributed by atoms with van der Waals surface area (Å²) in [6.45, 7) is 6.79. The zero-order valence-corrected chi connectivity index (χ0v) is 12.6. The molecule has 1 fully saturated rings. The summed E-state index contributed by atoms with van der Waals surface area (Å²) in [6, 6.07) is 3.72. The Bertz CT molecular complexity index is 443. The summed E-state index contributed by atoms with van der Waals surface area (Å²) < 4.78 is 0. The molecule has 20 heavy (non-hydrogen) atoms. The van der Waals surface area contributed by atoms with Crippen molar-refractivity contribution in [1.29, 1.82) is 0 Å². The standard InChI is InChI=1S/C16H25N3O/c1-3-9-17-15-14(6-5-10-18-15)16(20)19(11-4-2)12-13-7-8-13/h5-6,10,13H,3-4,7-9,11-12H2,1-2H3,(H,17,18). The van der Waals surface area contributed by atoms with Gasteiger partial charge in [-0.3, -0.25) is 4.79 Å². The Morgan fingerprint density at radius 3 is 2.85 bits per heavy atom. The number of carbonyl (C=O) groups is 1. The van der Waals surface area contributed by atoms with E-state index in [1.54, 1.807) is 6.20 Å². The number of hydrogen-bond donors (Lipinski definition) is 1. The second-order valence-corrected chi connectivity index (χ2v) is 5.52. The Balaban J connectivity index is 2.12. The summed E-state index contributed by atoms with van der Waals surface area (Å²) in [6.07, 6.45) is 6.28. The van der Waals surface area contributed by atoms with Crippen LogP contribution >= 0.6 is 0 Å². The van der Waals surface area contributed by atoms with E-state index in [4.69, 9.17) is 0 Å². The van der Waals surface area contributed by atoms with Crippen molar-refractivity contribution >= 4 is 11.7 Å². The topological polar surface area (TPSA) is 45.2 Å². The van der Waals surface area contributed by atoms with Gasteiger partial charge >= 0.3 is 0 Å². The summed E-state index contributed by atoms with van der Waals surface area (Å²) in [5.74, 6) is 1.55. The fourth-order valence-electron chi connectivity index (χ4n) is 2.29. The predicted molar refractivity (Wildman–Crippen MR) is 81.9 cm³/mol. The van der Waals surface area contributed by atoms with Gasteiger partial charge in [0.1, 0.15) is 5.82 Å². The van der Waals surface area contributed by atoms with Crippen LogP contribution < -0.4 is 5.32 Å². The zero-order valence-electron chi connectivity index (χ0n) is 12.6. The van der Waals surface area contributed by atoms with E-state index in [-0.39, 0.29) is 5.91 Å². The molecule has 1 aliphatic carbocycles. The minimum Gasteiger partial charge on any atom is -0.369 e. The summed E-state index contributed by atoms with van der Waals surface area (Å²) in [5.41, 5.74) is 0.704. The number of aromatic nitrogens is 1. The van der Waals surface area contributed by atoms with Crippen LogP contribution in [-0.2, 0) is 0 Å². The number of hydrogen-bond acceptors (Lipinski definition) is 3. The smallest absolute Gasteiger partial charge is 0.257 e. The highest BCUT2D eigenvalue weighted by Crippen LogP contribution is 2.30. The molecule has 0 spiro atoms. The minimum atomic E-state index is 0.116. The second-order valence-electron chi connectivity index (χ2n) is 5.52. The van der Waals surface area contributed by atoms with Crippen LogP contribution in [0.15, 0.2) is 18.3 Å². The number of anilines is 1. The monoisotopic (exact) mass is 275 g/mol. The van der Waals surface area contributed by atoms with Gasteiger partial charge in [0.25, 0.3) is 5.91 Å². The van der Waals surface area contributed by atoms with E-state index < -0.39 is 0 Å². The summed E-state index contributed by atoms with van der Waals surface area (Å²) >= 11 is 0. The SMILES string of the molecule is CCCNc1ncccc1C(=O)N(CCC)CC1CC1. The van der Waals surface area contributed by atoms with E-state index >= 15 is 0 Å². The van der Waals surface area contributed by atoms with Crippen LogP contribution in [0.25, 0.3) is 0 Å². The summed E-state index contributed by atoms with van der Waals surface area (Å²) in [7, 11) is 0. The van der Waals surface area contributed by atoms with Crippen molar-refractivity contribution in [2.75, 3.05) is 25.0 Å². The third-order valence-corrected chi connectivity index (χ3v) is 3.54. The first-order valence-electron chi connectivity index (χ1n) is 7.74. The Labute approximate surface area is 121 Å². The van der Waals surface area contributed by atoms with E-state index in [2.05, 4.69) is 24.1 Å². The van der Waals surface area contributed by atoms with E-state index in [9.17, 15) is 4.79 Å². The van der Waals surface area contributed by atoms with Gasteiger partial charge in [-0.05, 0) is 43.7 Å². The van der Waals surface area contributed by atoms with Crippen molar-refractivity contribution in [3.8, 4) is 0 Å². The Kier molecular flexibility index (Phi) is 5.39.